The minimum Gasteiger partial charge on any atom is -0.391 e. The van der Waals surface area contributed by atoms with Crippen LogP contribution < -0.4 is 5.32 Å². The number of nitrogens with one attached hydrogen (secondary N) is 1. The summed E-state index contributed by atoms with van der Waals surface area (Å²) in [6.07, 6.45) is 4.53. The van der Waals surface area contributed by atoms with E-state index in [0.717, 1.165) is 37.8 Å². The van der Waals surface area contributed by atoms with E-state index in [4.69, 9.17) is 0 Å². The molecule has 2 rings (SSSR count). The lowest BCUT2D eigenvalue weighted by molar-refractivity contribution is 0.0811. The third-order valence-corrected chi connectivity index (χ3v) is 3.90. The van der Waals surface area contributed by atoms with Gasteiger partial charge in [0.2, 0.25) is 0 Å². The summed E-state index contributed by atoms with van der Waals surface area (Å²) in [6, 6.07) is 3.65. The molecule has 1 aliphatic rings. The highest BCUT2D eigenvalue weighted by atomic mass is 16.3. The Morgan fingerprint density at radius 2 is 2.06 bits per heavy atom. The van der Waals surface area contributed by atoms with Crippen LogP contribution in [0.5, 0.6) is 0 Å². The van der Waals surface area contributed by atoms with E-state index in [1.807, 2.05) is 30.7 Å². The van der Waals surface area contributed by atoms with Gasteiger partial charge in [-0.3, -0.25) is 4.79 Å². The second kappa shape index (κ2) is 5.57. The first kappa shape index (κ1) is 13.1. The van der Waals surface area contributed by atoms with Crippen molar-refractivity contribution in [1.29, 1.82) is 0 Å². The van der Waals surface area contributed by atoms with Crippen molar-refractivity contribution in [3.8, 4) is 0 Å². The van der Waals surface area contributed by atoms with Gasteiger partial charge in [-0.2, -0.15) is 0 Å². The highest BCUT2D eigenvalue weighted by Crippen LogP contribution is 2.18. The molecule has 1 fully saturated rings. The van der Waals surface area contributed by atoms with Gasteiger partial charge in [0, 0.05) is 12.7 Å². The second-order valence-corrected chi connectivity index (χ2v) is 5.20. The van der Waals surface area contributed by atoms with Gasteiger partial charge in [-0.25, -0.2) is 0 Å². The second-order valence-electron chi connectivity index (χ2n) is 5.20. The summed E-state index contributed by atoms with van der Waals surface area (Å²) >= 11 is 0. The van der Waals surface area contributed by atoms with Crippen molar-refractivity contribution in [3.05, 3.63) is 23.5 Å². The number of amides is 1. The van der Waals surface area contributed by atoms with Gasteiger partial charge in [0.15, 0.2) is 0 Å². The van der Waals surface area contributed by atoms with Crippen molar-refractivity contribution < 1.29 is 9.90 Å². The van der Waals surface area contributed by atoms with Crippen LogP contribution in [-0.2, 0) is 7.05 Å². The molecule has 0 aromatic carbocycles. The maximum Gasteiger partial charge on any atom is 0.268 e. The van der Waals surface area contributed by atoms with Crippen molar-refractivity contribution in [1.82, 2.24) is 9.88 Å². The fourth-order valence-corrected chi connectivity index (χ4v) is 2.54. The SMILES string of the molecule is Cc1ccc(C(=O)NC2CCCCCC2O)n1C. The van der Waals surface area contributed by atoms with E-state index < -0.39 is 6.10 Å². The number of nitrogens with zero attached hydrogens (tertiary/aromatic N) is 1. The molecule has 1 aromatic rings. The number of hydrogen-bond acceptors (Lipinski definition) is 2. The van der Waals surface area contributed by atoms with Crippen molar-refractivity contribution >= 4 is 5.91 Å². The quantitative estimate of drug-likeness (QED) is 0.786. The smallest absolute Gasteiger partial charge is 0.268 e. The third kappa shape index (κ3) is 2.75. The largest absolute Gasteiger partial charge is 0.391 e. The first-order chi connectivity index (χ1) is 8.59. The van der Waals surface area contributed by atoms with E-state index in [2.05, 4.69) is 5.32 Å². The van der Waals surface area contributed by atoms with Gasteiger partial charge in [0.05, 0.1) is 12.1 Å². The number of aryl methyl sites for hydroxylation is 1. The van der Waals surface area contributed by atoms with Crippen LogP contribution in [0.3, 0.4) is 0 Å². The first-order valence-corrected chi connectivity index (χ1v) is 6.71. The highest BCUT2D eigenvalue weighted by Gasteiger charge is 2.24. The van der Waals surface area contributed by atoms with Gasteiger partial charge in [0.1, 0.15) is 5.69 Å². The van der Waals surface area contributed by atoms with Gasteiger partial charge >= 0.3 is 0 Å². The highest BCUT2D eigenvalue weighted by molar-refractivity contribution is 5.93. The summed E-state index contributed by atoms with van der Waals surface area (Å²) in [7, 11) is 1.88. The molecule has 1 saturated carbocycles. The Morgan fingerprint density at radius 1 is 1.33 bits per heavy atom. The molecule has 1 aliphatic carbocycles. The number of aliphatic hydroxyl groups excluding tert-OH is 1. The van der Waals surface area contributed by atoms with Gasteiger partial charge < -0.3 is 15.0 Å². The van der Waals surface area contributed by atoms with Crippen LogP contribution in [-0.4, -0.2) is 27.7 Å². The zero-order valence-electron chi connectivity index (χ0n) is 11.1. The molecule has 4 heteroatoms. The minimum atomic E-state index is -0.405. The van der Waals surface area contributed by atoms with Crippen LogP contribution in [0.4, 0.5) is 0 Å². The lowest BCUT2D eigenvalue weighted by atomic mass is 10.1. The predicted molar refractivity (Wildman–Crippen MR) is 70.5 cm³/mol. The third-order valence-electron chi connectivity index (χ3n) is 3.90. The van der Waals surface area contributed by atoms with E-state index in [0.29, 0.717) is 5.69 Å². The molecule has 2 unspecified atom stereocenters. The van der Waals surface area contributed by atoms with E-state index in [1.165, 1.54) is 0 Å². The first-order valence-electron chi connectivity index (χ1n) is 6.71. The molecule has 1 amide bonds. The summed E-state index contributed by atoms with van der Waals surface area (Å²) in [6.45, 7) is 1.97. The molecule has 100 valence electrons. The molecular weight excluding hydrogens is 228 g/mol. The Kier molecular flexibility index (Phi) is 4.07. The standard InChI is InChI=1S/C14H22N2O2/c1-10-8-9-12(16(10)2)14(18)15-11-6-4-3-5-7-13(11)17/h8-9,11,13,17H,3-7H2,1-2H3,(H,15,18). The van der Waals surface area contributed by atoms with E-state index in [-0.39, 0.29) is 11.9 Å². The number of rotatable bonds is 2. The van der Waals surface area contributed by atoms with E-state index in [9.17, 15) is 9.90 Å². The molecule has 18 heavy (non-hydrogen) atoms. The van der Waals surface area contributed by atoms with Crippen LogP contribution >= 0.6 is 0 Å². The maximum atomic E-state index is 12.2. The van der Waals surface area contributed by atoms with E-state index >= 15 is 0 Å². The minimum absolute atomic E-state index is 0.0865. The van der Waals surface area contributed by atoms with Crippen LogP contribution in [0, 0.1) is 6.92 Å². The monoisotopic (exact) mass is 250 g/mol. The Hall–Kier alpha value is -1.29. The molecule has 0 spiro atoms. The number of aliphatic hydroxyl groups is 1. The van der Waals surface area contributed by atoms with Crippen LogP contribution in [0.1, 0.15) is 48.3 Å². The van der Waals surface area contributed by atoms with Crippen molar-refractivity contribution in [3.63, 3.8) is 0 Å². The Bertz CT molecular complexity index is 425. The molecule has 0 bridgehead atoms. The summed E-state index contributed by atoms with van der Waals surface area (Å²) in [5.41, 5.74) is 1.71. The lowest BCUT2D eigenvalue weighted by Gasteiger charge is -2.21. The van der Waals surface area contributed by atoms with Gasteiger partial charge in [-0.15, -0.1) is 0 Å². The summed E-state index contributed by atoms with van der Waals surface area (Å²) < 4.78 is 1.87. The topological polar surface area (TPSA) is 54.3 Å². The number of aromatic nitrogens is 1. The van der Waals surface area contributed by atoms with Crippen LogP contribution in [0.25, 0.3) is 0 Å². The number of carbonyl (C=O) groups is 1. The predicted octanol–water partition coefficient (Wildman–Crippen LogP) is 1.76. The Morgan fingerprint density at radius 3 is 2.72 bits per heavy atom. The lowest BCUT2D eigenvalue weighted by Crippen LogP contribution is -2.43. The zero-order valence-corrected chi connectivity index (χ0v) is 11.1. The zero-order chi connectivity index (χ0) is 13.1. The van der Waals surface area contributed by atoms with Gasteiger partial charge in [-0.1, -0.05) is 19.3 Å². The molecular formula is C14H22N2O2. The molecule has 0 aliphatic heterocycles. The average Bonchev–Trinajstić information content (AvgIpc) is 2.55. The average molecular weight is 250 g/mol. The molecule has 1 heterocycles. The summed E-state index contributed by atoms with van der Waals surface area (Å²) in [4.78, 5) is 12.2. The van der Waals surface area contributed by atoms with Crippen LogP contribution in [0.2, 0.25) is 0 Å². The van der Waals surface area contributed by atoms with Gasteiger partial charge in [-0.05, 0) is 31.9 Å². The Balaban J connectivity index is 2.04. The molecule has 2 atom stereocenters. The van der Waals surface area contributed by atoms with Crippen LogP contribution in [0.15, 0.2) is 12.1 Å². The fourth-order valence-electron chi connectivity index (χ4n) is 2.54. The molecule has 0 radical (unpaired) electrons. The fraction of sp³-hybridized carbons (Fsp3) is 0.643. The van der Waals surface area contributed by atoms with Crippen molar-refractivity contribution in [2.45, 2.75) is 51.2 Å². The number of hydrogen-bond donors (Lipinski definition) is 2. The molecule has 1 aromatic heterocycles. The van der Waals surface area contributed by atoms with Crippen molar-refractivity contribution in [2.24, 2.45) is 7.05 Å². The molecule has 4 nitrogen and oxygen atoms in total. The molecule has 2 N–H and O–H groups in total. The Labute approximate surface area is 108 Å². The normalized spacial score (nSPS) is 24.6. The maximum absolute atomic E-state index is 12.2. The number of carbonyl (C=O) groups excluding carboxylic acids is 1. The van der Waals surface area contributed by atoms with E-state index in [1.54, 1.807) is 0 Å². The van der Waals surface area contributed by atoms with Crippen molar-refractivity contribution in [2.75, 3.05) is 0 Å². The van der Waals surface area contributed by atoms with Gasteiger partial charge in [0.25, 0.3) is 5.91 Å². The summed E-state index contributed by atoms with van der Waals surface area (Å²) in [5.74, 6) is -0.0865. The molecule has 0 saturated heterocycles. The summed E-state index contributed by atoms with van der Waals surface area (Å²) in [5, 5.41) is 13.0.